The fourth-order valence-corrected chi connectivity index (χ4v) is 8.37. The van der Waals surface area contributed by atoms with Gasteiger partial charge in [0.15, 0.2) is 0 Å². The van der Waals surface area contributed by atoms with Crippen LogP contribution in [0, 0.1) is 19.3 Å². The summed E-state index contributed by atoms with van der Waals surface area (Å²) < 4.78 is 45.2. The first-order valence-electron chi connectivity index (χ1n) is 14.3. The third-order valence-corrected chi connectivity index (χ3v) is 10.8. The molecule has 6 rings (SSSR count). The molecule has 2 heterocycles. The van der Waals surface area contributed by atoms with Gasteiger partial charge < -0.3 is 5.11 Å². The van der Waals surface area contributed by atoms with Crippen LogP contribution in [0.25, 0.3) is 49.3 Å². The molecule has 1 atom stereocenters. The second-order valence-corrected chi connectivity index (χ2v) is 14.3. The van der Waals surface area contributed by atoms with Crippen LogP contribution in [-0.2, 0) is 14.8 Å². The highest BCUT2D eigenvalue weighted by Crippen LogP contribution is 2.48. The highest BCUT2D eigenvalue weighted by atomic mass is 35.5. The van der Waals surface area contributed by atoms with Crippen molar-refractivity contribution in [3.05, 3.63) is 130 Å². The van der Waals surface area contributed by atoms with E-state index < -0.39 is 27.9 Å². The van der Waals surface area contributed by atoms with E-state index in [1.54, 1.807) is 79.0 Å². The van der Waals surface area contributed by atoms with Gasteiger partial charge in [0.25, 0.3) is 10.0 Å². The van der Waals surface area contributed by atoms with Crippen molar-refractivity contribution < 1.29 is 22.7 Å². The SMILES string of the molecule is [C-]#[N+]c1sccc1-c1c(-c2cccc(-c3ccc(C(C(=O)O)N(C)C)cc3Cl)c2)n(S(=O)(=O)c2ccc(C)cc2)c2ccc(F)cc12. The lowest BCUT2D eigenvalue weighted by molar-refractivity contribution is -0.142. The largest absolute Gasteiger partial charge is 0.480 e. The second-order valence-electron chi connectivity index (χ2n) is 11.2. The minimum absolute atomic E-state index is 0.0523. The molecule has 1 N–H and O–H groups in total. The van der Waals surface area contributed by atoms with Crippen molar-refractivity contribution in [2.45, 2.75) is 17.9 Å². The number of aryl methyl sites for hydroxylation is 1. The standard InChI is InChI=1S/C36H27ClFN3O4S2/c1-21-8-12-26(13-9-21)47(44,45)41-31-15-11-25(38)20-29(31)32(28-16-17-46-35(28)39-2)33(41)23-7-5-6-22(18-23)27-14-10-24(19-30(27)37)34(36(42)43)40(3)4/h5-20,34H,1,3-4H3,(H,42,43). The van der Waals surface area contributed by atoms with Crippen LogP contribution in [0.1, 0.15) is 17.2 Å². The van der Waals surface area contributed by atoms with E-state index in [1.807, 2.05) is 13.0 Å². The Morgan fingerprint density at radius 2 is 1.70 bits per heavy atom. The van der Waals surface area contributed by atoms with Crippen molar-refractivity contribution in [3.8, 4) is 33.5 Å². The van der Waals surface area contributed by atoms with E-state index >= 15 is 0 Å². The zero-order valence-electron chi connectivity index (χ0n) is 25.4. The van der Waals surface area contributed by atoms with Crippen molar-refractivity contribution in [3.63, 3.8) is 0 Å². The van der Waals surface area contributed by atoms with E-state index in [0.29, 0.717) is 48.8 Å². The Morgan fingerprint density at radius 3 is 2.36 bits per heavy atom. The van der Waals surface area contributed by atoms with Crippen molar-refractivity contribution in [2.24, 2.45) is 0 Å². The number of halogens is 2. The first-order valence-corrected chi connectivity index (χ1v) is 17.0. The van der Waals surface area contributed by atoms with E-state index in [9.17, 15) is 22.7 Å². The van der Waals surface area contributed by atoms with E-state index in [1.165, 1.54) is 45.6 Å². The zero-order chi connectivity index (χ0) is 33.6. The van der Waals surface area contributed by atoms with Gasteiger partial charge in [0.1, 0.15) is 11.9 Å². The number of aromatic nitrogens is 1. The van der Waals surface area contributed by atoms with Crippen molar-refractivity contribution in [1.29, 1.82) is 0 Å². The highest BCUT2D eigenvalue weighted by Gasteiger charge is 2.30. The molecule has 6 aromatic rings. The molecule has 236 valence electrons. The number of carboxylic acids is 1. The molecule has 11 heteroatoms. The molecular formula is C36H27ClFN3O4S2. The van der Waals surface area contributed by atoms with E-state index in [2.05, 4.69) is 4.85 Å². The van der Waals surface area contributed by atoms with Gasteiger partial charge in [0, 0.05) is 32.7 Å². The summed E-state index contributed by atoms with van der Waals surface area (Å²) in [6.45, 7) is 9.68. The Bertz CT molecular complexity index is 2340. The van der Waals surface area contributed by atoms with E-state index in [0.717, 1.165) is 5.56 Å². The summed E-state index contributed by atoms with van der Waals surface area (Å²) in [5, 5.41) is 12.5. The molecule has 0 aliphatic rings. The molecule has 1 unspecified atom stereocenters. The van der Waals surface area contributed by atoms with Gasteiger partial charge >= 0.3 is 5.97 Å². The minimum atomic E-state index is -4.25. The number of nitrogens with zero attached hydrogens (tertiary/aromatic N) is 3. The van der Waals surface area contributed by atoms with Gasteiger partial charge in [-0.1, -0.05) is 65.7 Å². The number of thiophene rings is 1. The Kier molecular flexibility index (Phi) is 8.51. The molecule has 0 saturated heterocycles. The maximum Gasteiger partial charge on any atom is 0.325 e. The van der Waals surface area contributed by atoms with Gasteiger partial charge in [-0.25, -0.2) is 21.6 Å². The first kappa shape index (κ1) is 32.2. The molecule has 7 nitrogen and oxygen atoms in total. The number of hydrogen-bond acceptors (Lipinski definition) is 5. The minimum Gasteiger partial charge on any atom is -0.480 e. The molecule has 2 aromatic heterocycles. The number of fused-ring (bicyclic) bond motifs is 1. The first-order chi connectivity index (χ1) is 22.4. The van der Waals surface area contributed by atoms with Crippen LogP contribution in [0.4, 0.5) is 9.39 Å². The maximum atomic E-state index is 14.9. The van der Waals surface area contributed by atoms with Gasteiger partial charge in [0.2, 0.25) is 5.00 Å². The summed E-state index contributed by atoms with van der Waals surface area (Å²) in [6, 6.07) is 23.5. The fourth-order valence-electron chi connectivity index (χ4n) is 5.84. The Morgan fingerprint density at radius 1 is 0.979 bits per heavy atom. The van der Waals surface area contributed by atoms with Crippen LogP contribution in [0.3, 0.4) is 0 Å². The topological polar surface area (TPSA) is 84.0 Å². The average Bonchev–Trinajstić information content (AvgIpc) is 3.63. The van der Waals surface area contributed by atoms with Gasteiger partial charge in [0.05, 0.1) is 22.7 Å². The lowest BCUT2D eigenvalue weighted by atomic mass is 9.96. The molecule has 0 amide bonds. The van der Waals surface area contributed by atoms with Crippen LogP contribution in [0.5, 0.6) is 0 Å². The average molecular weight is 684 g/mol. The molecule has 0 fully saturated rings. The van der Waals surface area contributed by atoms with Gasteiger partial charge in [-0.2, -0.15) is 11.3 Å². The predicted octanol–water partition coefficient (Wildman–Crippen LogP) is 9.28. The summed E-state index contributed by atoms with van der Waals surface area (Å²) in [6.07, 6.45) is 0. The van der Waals surface area contributed by atoms with E-state index in [4.69, 9.17) is 18.2 Å². The Labute approximate surface area is 280 Å². The highest BCUT2D eigenvalue weighted by molar-refractivity contribution is 7.90. The number of rotatable bonds is 8. The molecule has 0 spiro atoms. The van der Waals surface area contributed by atoms with Crippen LogP contribution in [0.15, 0.2) is 101 Å². The summed E-state index contributed by atoms with van der Waals surface area (Å²) in [5.41, 5.74) is 4.57. The molecule has 4 aromatic carbocycles. The maximum absolute atomic E-state index is 14.9. The number of benzene rings is 4. The third kappa shape index (κ3) is 5.72. The molecular weight excluding hydrogens is 657 g/mol. The normalized spacial score (nSPS) is 12.4. The number of carbonyl (C=O) groups is 1. The third-order valence-electron chi connectivity index (χ3n) is 7.97. The van der Waals surface area contributed by atoms with Crippen LogP contribution in [-0.4, -0.2) is 42.5 Å². The number of likely N-dealkylation sites (N-methyl/N-ethyl adjacent to an activating group) is 1. The smallest absolute Gasteiger partial charge is 0.325 e. The number of aliphatic carboxylic acids is 1. The molecule has 47 heavy (non-hydrogen) atoms. The van der Waals surface area contributed by atoms with Gasteiger partial charge in [-0.05, 0) is 80.0 Å². The summed E-state index contributed by atoms with van der Waals surface area (Å²) in [5.74, 6) is -1.56. The quantitative estimate of drug-likeness (QED) is 0.162. The molecule has 0 aliphatic carbocycles. The van der Waals surface area contributed by atoms with E-state index in [-0.39, 0.29) is 16.1 Å². The van der Waals surface area contributed by atoms with Crippen LogP contribution in [0.2, 0.25) is 5.02 Å². The van der Waals surface area contributed by atoms with Crippen LogP contribution < -0.4 is 0 Å². The Balaban J connectivity index is 1.65. The monoisotopic (exact) mass is 683 g/mol. The lowest BCUT2D eigenvalue weighted by Gasteiger charge is -2.21. The van der Waals surface area contributed by atoms with Crippen LogP contribution >= 0.6 is 22.9 Å². The molecule has 0 radical (unpaired) electrons. The number of carboxylic acid groups (broad SMARTS) is 1. The summed E-state index contributed by atoms with van der Waals surface area (Å²) in [4.78, 5) is 17.3. The second kappa shape index (κ2) is 12.4. The Hall–Kier alpha value is -4.79. The fraction of sp³-hybridized carbons (Fsp3) is 0.111. The van der Waals surface area contributed by atoms with Crippen molar-refractivity contribution >= 4 is 54.8 Å². The molecule has 0 bridgehead atoms. The van der Waals surface area contributed by atoms with Crippen molar-refractivity contribution in [1.82, 2.24) is 8.87 Å². The zero-order valence-corrected chi connectivity index (χ0v) is 27.8. The summed E-state index contributed by atoms with van der Waals surface area (Å²) >= 11 is 7.98. The summed E-state index contributed by atoms with van der Waals surface area (Å²) in [7, 11) is -0.905. The van der Waals surface area contributed by atoms with Gasteiger partial charge in [-0.15, -0.1) is 0 Å². The van der Waals surface area contributed by atoms with Crippen molar-refractivity contribution in [2.75, 3.05) is 14.1 Å². The lowest BCUT2D eigenvalue weighted by Crippen LogP contribution is -2.27. The molecule has 0 aliphatic heterocycles. The molecule has 0 saturated carbocycles. The number of hydrogen-bond donors (Lipinski definition) is 1. The predicted molar refractivity (Wildman–Crippen MR) is 185 cm³/mol. The van der Waals surface area contributed by atoms with Gasteiger partial charge in [-0.3, -0.25) is 9.69 Å².